The van der Waals surface area contributed by atoms with Crippen LogP contribution in [0.2, 0.25) is 0 Å². The molecule has 3 heteroatoms. The van der Waals surface area contributed by atoms with Crippen molar-refractivity contribution >= 4 is 5.97 Å². The number of methoxy groups -OCH3 is 1. The van der Waals surface area contributed by atoms with Gasteiger partial charge in [0.05, 0.1) is 18.1 Å². The van der Waals surface area contributed by atoms with Gasteiger partial charge in [0, 0.05) is 0 Å². The van der Waals surface area contributed by atoms with Crippen LogP contribution in [-0.2, 0) is 9.53 Å². The Hall–Kier alpha value is -1.09. The highest BCUT2D eigenvalue weighted by molar-refractivity contribution is 5.77. The molecule has 2 aliphatic carbocycles. The van der Waals surface area contributed by atoms with E-state index < -0.39 is 11.0 Å². The van der Waals surface area contributed by atoms with E-state index in [0.717, 1.165) is 38.5 Å². The molecule has 24 heavy (non-hydrogen) atoms. The Kier molecular flexibility index (Phi) is 5.34. The highest BCUT2D eigenvalue weighted by Gasteiger charge is 2.57. The molecule has 0 heterocycles. The zero-order valence-electron chi connectivity index (χ0n) is 15.9. The molecule has 0 amide bonds. The van der Waals surface area contributed by atoms with Crippen LogP contribution in [0.1, 0.15) is 65.7 Å². The van der Waals surface area contributed by atoms with Gasteiger partial charge in [-0.25, -0.2) is 0 Å². The maximum Gasteiger partial charge on any atom is 0.311 e. The second kappa shape index (κ2) is 6.67. The molecule has 0 aromatic heterocycles. The predicted octanol–water partition coefficient (Wildman–Crippen LogP) is 4.66. The van der Waals surface area contributed by atoms with Crippen LogP contribution < -0.4 is 0 Å². The summed E-state index contributed by atoms with van der Waals surface area (Å²) in [4.78, 5) is 12.5. The Balaban J connectivity index is 2.30. The Morgan fingerprint density at radius 1 is 1.46 bits per heavy atom. The summed E-state index contributed by atoms with van der Waals surface area (Å²) in [5.74, 6) is 0.588. The molecular weight excluding hydrogens is 300 g/mol. The van der Waals surface area contributed by atoms with Crippen molar-refractivity contribution in [3.8, 4) is 0 Å². The molecule has 0 bridgehead atoms. The Morgan fingerprint density at radius 3 is 2.71 bits per heavy atom. The normalized spacial score (nSPS) is 38.8. The average Bonchev–Trinajstić information content (AvgIpc) is 2.53. The summed E-state index contributed by atoms with van der Waals surface area (Å²) in [6.07, 6.45) is 8.23. The molecule has 136 valence electrons. The molecule has 0 radical (unpaired) electrons. The lowest BCUT2D eigenvalue weighted by atomic mass is 9.46. The van der Waals surface area contributed by atoms with Crippen LogP contribution in [0.3, 0.4) is 0 Å². The summed E-state index contributed by atoms with van der Waals surface area (Å²) in [6.45, 7) is 14.3. The smallest absolute Gasteiger partial charge is 0.311 e. The predicted molar refractivity (Wildman–Crippen MR) is 97.5 cm³/mol. The molecule has 5 atom stereocenters. The summed E-state index contributed by atoms with van der Waals surface area (Å²) < 4.78 is 5.17. The van der Waals surface area contributed by atoms with E-state index in [1.807, 2.05) is 6.92 Å². The van der Waals surface area contributed by atoms with Gasteiger partial charge in [-0.3, -0.25) is 4.79 Å². The van der Waals surface area contributed by atoms with Crippen LogP contribution in [-0.4, -0.2) is 23.8 Å². The lowest BCUT2D eigenvalue weighted by Gasteiger charge is -2.57. The lowest BCUT2D eigenvalue weighted by molar-refractivity contribution is -0.168. The average molecular weight is 335 g/mol. The largest absolute Gasteiger partial charge is 0.469 e. The minimum Gasteiger partial charge on any atom is -0.469 e. The number of carbonyl (C=O) groups is 1. The van der Waals surface area contributed by atoms with Crippen molar-refractivity contribution in [2.24, 2.45) is 22.7 Å². The van der Waals surface area contributed by atoms with Crippen LogP contribution >= 0.6 is 0 Å². The van der Waals surface area contributed by atoms with Gasteiger partial charge in [-0.15, -0.1) is 6.58 Å². The number of fused-ring (bicyclic) bond motifs is 1. The monoisotopic (exact) mass is 334 g/mol. The van der Waals surface area contributed by atoms with E-state index in [9.17, 15) is 9.90 Å². The molecule has 3 nitrogen and oxygen atoms in total. The number of carbonyl (C=O) groups excluding carboxylic acids is 1. The summed E-state index contributed by atoms with van der Waals surface area (Å²) in [5, 5.41) is 10.3. The molecule has 1 N–H and O–H groups in total. The third kappa shape index (κ3) is 3.20. The number of esters is 1. The van der Waals surface area contributed by atoms with E-state index in [2.05, 4.69) is 27.0 Å². The van der Waals surface area contributed by atoms with E-state index in [1.165, 1.54) is 12.7 Å². The molecular formula is C21H34O3. The number of aliphatic hydroxyl groups is 1. The fraction of sp³-hybridized carbons (Fsp3) is 0.762. The van der Waals surface area contributed by atoms with Gasteiger partial charge in [-0.05, 0) is 69.6 Å². The molecule has 0 aromatic carbocycles. The molecule has 0 aromatic rings. The molecule has 2 saturated carbocycles. The molecule has 0 aliphatic heterocycles. The van der Waals surface area contributed by atoms with Gasteiger partial charge >= 0.3 is 5.97 Å². The molecule has 2 rings (SSSR count). The second-order valence-corrected chi connectivity index (χ2v) is 8.67. The van der Waals surface area contributed by atoms with Crippen molar-refractivity contribution in [3.63, 3.8) is 0 Å². The fourth-order valence-electron chi connectivity index (χ4n) is 5.50. The quantitative estimate of drug-likeness (QED) is 0.588. The standard InChI is InChI=1S/C21H34O3/c1-7-19(3,23)14-11-16-15(2)9-10-17-20(16,4)12-8-13-21(17,5)18(22)24-6/h7,16-17,23H,1-2,8-14H2,3-6H3. The molecule has 0 spiro atoms. The van der Waals surface area contributed by atoms with Crippen molar-refractivity contribution in [1.29, 1.82) is 0 Å². The highest BCUT2D eigenvalue weighted by Crippen LogP contribution is 2.62. The van der Waals surface area contributed by atoms with Crippen molar-refractivity contribution in [2.75, 3.05) is 7.11 Å². The van der Waals surface area contributed by atoms with E-state index in [-0.39, 0.29) is 11.4 Å². The van der Waals surface area contributed by atoms with E-state index in [1.54, 1.807) is 6.08 Å². The zero-order chi connectivity index (χ0) is 18.2. The first-order chi connectivity index (χ1) is 11.1. The minimum atomic E-state index is -0.843. The van der Waals surface area contributed by atoms with Gasteiger partial charge in [-0.1, -0.05) is 31.6 Å². The zero-order valence-corrected chi connectivity index (χ0v) is 15.9. The number of hydrogen-bond acceptors (Lipinski definition) is 3. The number of rotatable bonds is 5. The van der Waals surface area contributed by atoms with Crippen molar-refractivity contribution in [3.05, 3.63) is 24.8 Å². The third-order valence-corrected chi connectivity index (χ3v) is 7.05. The minimum absolute atomic E-state index is 0.0494. The Morgan fingerprint density at radius 2 is 2.12 bits per heavy atom. The van der Waals surface area contributed by atoms with Crippen LogP contribution in [0.25, 0.3) is 0 Å². The van der Waals surface area contributed by atoms with Gasteiger partial charge in [0.2, 0.25) is 0 Å². The molecule has 2 fully saturated rings. The lowest BCUT2D eigenvalue weighted by Crippen LogP contribution is -2.53. The molecule has 0 saturated heterocycles. The number of allylic oxidation sites excluding steroid dienone is 1. The van der Waals surface area contributed by atoms with E-state index in [4.69, 9.17) is 4.74 Å². The summed E-state index contributed by atoms with van der Waals surface area (Å²) in [5.41, 5.74) is 0.0852. The first-order valence-corrected chi connectivity index (χ1v) is 9.23. The number of ether oxygens (including phenoxy) is 1. The first kappa shape index (κ1) is 19.2. The van der Waals surface area contributed by atoms with Crippen LogP contribution in [0.5, 0.6) is 0 Å². The van der Waals surface area contributed by atoms with Crippen molar-refractivity contribution in [2.45, 2.75) is 71.3 Å². The maximum absolute atomic E-state index is 12.5. The second-order valence-electron chi connectivity index (χ2n) is 8.67. The Labute approximate surface area is 147 Å². The third-order valence-electron chi connectivity index (χ3n) is 7.05. The van der Waals surface area contributed by atoms with Gasteiger partial charge < -0.3 is 9.84 Å². The highest BCUT2D eigenvalue weighted by atomic mass is 16.5. The van der Waals surface area contributed by atoms with Crippen LogP contribution in [0.4, 0.5) is 0 Å². The summed E-state index contributed by atoms with van der Waals surface area (Å²) in [7, 11) is 1.50. The fourth-order valence-corrected chi connectivity index (χ4v) is 5.50. The van der Waals surface area contributed by atoms with Gasteiger partial charge in [0.15, 0.2) is 0 Å². The summed E-state index contributed by atoms with van der Waals surface area (Å²) >= 11 is 0. The van der Waals surface area contributed by atoms with Gasteiger partial charge in [0.1, 0.15) is 0 Å². The topological polar surface area (TPSA) is 46.5 Å². The van der Waals surface area contributed by atoms with Crippen molar-refractivity contribution in [1.82, 2.24) is 0 Å². The van der Waals surface area contributed by atoms with E-state index >= 15 is 0 Å². The SMILES string of the molecule is C=CC(C)(O)CCC1C(=C)CCC2C(C)(C(=O)OC)CCCC12C. The number of hydrogen-bond donors (Lipinski definition) is 1. The first-order valence-electron chi connectivity index (χ1n) is 9.23. The van der Waals surface area contributed by atoms with Crippen molar-refractivity contribution < 1.29 is 14.6 Å². The van der Waals surface area contributed by atoms with E-state index in [0.29, 0.717) is 18.3 Å². The Bertz CT molecular complexity index is 521. The van der Waals surface area contributed by atoms with Crippen LogP contribution in [0, 0.1) is 22.7 Å². The molecule has 5 unspecified atom stereocenters. The van der Waals surface area contributed by atoms with Crippen LogP contribution in [0.15, 0.2) is 24.8 Å². The van der Waals surface area contributed by atoms with Gasteiger partial charge in [0.25, 0.3) is 0 Å². The summed E-state index contributed by atoms with van der Waals surface area (Å²) in [6, 6.07) is 0. The maximum atomic E-state index is 12.5. The van der Waals surface area contributed by atoms with Gasteiger partial charge in [-0.2, -0.15) is 0 Å². The molecule has 2 aliphatic rings.